The van der Waals surface area contributed by atoms with Crippen molar-refractivity contribution >= 4 is 23.1 Å². The first-order valence-corrected chi connectivity index (χ1v) is 7.24. The van der Waals surface area contributed by atoms with E-state index in [4.69, 9.17) is 4.74 Å². The van der Waals surface area contributed by atoms with Gasteiger partial charge in [0.15, 0.2) is 5.78 Å². The molecule has 0 fully saturated rings. The molecule has 0 heterocycles. The molecule has 124 valence electrons. The van der Waals surface area contributed by atoms with E-state index in [0.717, 1.165) is 0 Å². The summed E-state index contributed by atoms with van der Waals surface area (Å²) < 4.78 is 5.37. The molecular formula is C17H16N2O5. The lowest BCUT2D eigenvalue weighted by Gasteiger charge is -2.07. The highest BCUT2D eigenvalue weighted by molar-refractivity contribution is 5.95. The Morgan fingerprint density at radius 1 is 1.08 bits per heavy atom. The summed E-state index contributed by atoms with van der Waals surface area (Å²) in [6.45, 7) is 1.62. The van der Waals surface area contributed by atoms with Crippen LogP contribution in [0.2, 0.25) is 0 Å². The molecule has 2 aromatic rings. The predicted octanol–water partition coefficient (Wildman–Crippen LogP) is 3.21. The lowest BCUT2D eigenvalue weighted by Crippen LogP contribution is -2.15. The van der Waals surface area contributed by atoms with Crippen LogP contribution in [0.3, 0.4) is 0 Å². The molecule has 0 aliphatic heterocycles. The molecule has 0 aromatic heterocycles. The summed E-state index contributed by atoms with van der Waals surface area (Å²) in [5.41, 5.74) is 1.16. The number of hydrogen-bond donors (Lipinski definition) is 1. The van der Waals surface area contributed by atoms with E-state index in [1.807, 2.05) is 0 Å². The number of benzene rings is 2. The Morgan fingerprint density at radius 2 is 1.71 bits per heavy atom. The summed E-state index contributed by atoms with van der Waals surface area (Å²) in [6.07, 6.45) is 0.130. The van der Waals surface area contributed by atoms with Gasteiger partial charge in [-0.1, -0.05) is 0 Å². The molecule has 2 aromatic carbocycles. The van der Waals surface area contributed by atoms with Gasteiger partial charge in [-0.3, -0.25) is 19.7 Å². The lowest BCUT2D eigenvalue weighted by atomic mass is 10.1. The average molecular weight is 328 g/mol. The molecule has 0 atom stereocenters. The number of nitrogens with one attached hydrogen (secondary N) is 1. The molecule has 0 aliphatic rings. The molecule has 0 spiro atoms. The molecule has 1 amide bonds. The van der Waals surface area contributed by atoms with Gasteiger partial charge in [-0.05, 0) is 43.3 Å². The highest BCUT2D eigenvalue weighted by Crippen LogP contribution is 2.17. The number of ether oxygens (including phenoxy) is 1. The van der Waals surface area contributed by atoms with Crippen molar-refractivity contribution in [2.45, 2.75) is 13.3 Å². The van der Waals surface area contributed by atoms with Crippen LogP contribution in [0, 0.1) is 10.1 Å². The van der Waals surface area contributed by atoms with Crippen LogP contribution in [0.4, 0.5) is 11.4 Å². The predicted molar refractivity (Wildman–Crippen MR) is 88.3 cm³/mol. The van der Waals surface area contributed by atoms with Crippen LogP contribution in [0.1, 0.15) is 23.7 Å². The normalized spacial score (nSPS) is 10.0. The summed E-state index contributed by atoms with van der Waals surface area (Å²) in [4.78, 5) is 33.0. The zero-order valence-electron chi connectivity index (χ0n) is 13.0. The van der Waals surface area contributed by atoms with Gasteiger partial charge in [0.25, 0.3) is 5.69 Å². The average Bonchev–Trinajstić information content (AvgIpc) is 2.55. The van der Waals surface area contributed by atoms with Gasteiger partial charge in [0.1, 0.15) is 5.75 Å². The fraction of sp³-hybridized carbons (Fsp3) is 0.176. The molecule has 7 heteroatoms. The van der Waals surface area contributed by atoms with E-state index in [-0.39, 0.29) is 30.4 Å². The van der Waals surface area contributed by atoms with Gasteiger partial charge in [-0.2, -0.15) is 0 Å². The molecule has 7 nitrogen and oxygen atoms in total. The van der Waals surface area contributed by atoms with E-state index >= 15 is 0 Å². The van der Waals surface area contributed by atoms with Gasteiger partial charge in [-0.25, -0.2) is 0 Å². The monoisotopic (exact) mass is 328 g/mol. The van der Waals surface area contributed by atoms with Crippen molar-refractivity contribution in [2.75, 3.05) is 11.9 Å². The van der Waals surface area contributed by atoms with E-state index < -0.39 is 4.92 Å². The first kappa shape index (κ1) is 17.1. The SMILES string of the molecule is CC(=O)c1ccc(NC(=O)CCOc2ccc([N+](=O)[O-])cc2)cc1. The van der Waals surface area contributed by atoms with Crippen LogP contribution in [0.25, 0.3) is 0 Å². The molecule has 0 radical (unpaired) electrons. The number of nitrogens with zero attached hydrogens (tertiary/aromatic N) is 1. The van der Waals surface area contributed by atoms with Crippen molar-refractivity contribution in [2.24, 2.45) is 0 Å². The lowest BCUT2D eigenvalue weighted by molar-refractivity contribution is -0.384. The number of non-ortho nitro benzene ring substituents is 1. The Bertz CT molecular complexity index is 739. The molecule has 24 heavy (non-hydrogen) atoms. The quantitative estimate of drug-likeness (QED) is 0.478. The Kier molecular flexibility index (Phi) is 5.62. The van der Waals surface area contributed by atoms with Gasteiger partial charge >= 0.3 is 0 Å². The fourth-order valence-corrected chi connectivity index (χ4v) is 1.94. The third-order valence-corrected chi connectivity index (χ3v) is 3.22. The second-order valence-corrected chi connectivity index (χ2v) is 5.03. The minimum absolute atomic E-state index is 0.0194. The Labute approximate surface area is 138 Å². The number of nitro benzene ring substituents is 1. The molecule has 0 aliphatic carbocycles. The largest absolute Gasteiger partial charge is 0.493 e. The number of carbonyl (C=O) groups excluding carboxylic acids is 2. The van der Waals surface area contributed by atoms with E-state index in [0.29, 0.717) is 17.0 Å². The number of Topliss-reactive ketones (excluding diaryl/α,β-unsaturated/α-hetero) is 1. The topological polar surface area (TPSA) is 98.5 Å². The van der Waals surface area contributed by atoms with E-state index in [1.54, 1.807) is 24.3 Å². The minimum Gasteiger partial charge on any atom is -0.493 e. The minimum atomic E-state index is -0.491. The first-order chi connectivity index (χ1) is 11.5. The van der Waals surface area contributed by atoms with Crippen molar-refractivity contribution in [1.29, 1.82) is 0 Å². The van der Waals surface area contributed by atoms with Crippen molar-refractivity contribution in [1.82, 2.24) is 0 Å². The zero-order chi connectivity index (χ0) is 17.5. The van der Waals surface area contributed by atoms with E-state index in [9.17, 15) is 19.7 Å². The van der Waals surface area contributed by atoms with Crippen LogP contribution < -0.4 is 10.1 Å². The second kappa shape index (κ2) is 7.87. The van der Waals surface area contributed by atoms with Crippen molar-refractivity contribution in [3.8, 4) is 5.75 Å². The maximum atomic E-state index is 11.8. The van der Waals surface area contributed by atoms with Crippen LogP contribution >= 0.6 is 0 Å². The highest BCUT2D eigenvalue weighted by Gasteiger charge is 2.06. The number of ketones is 1. The molecule has 0 saturated heterocycles. The Balaban J connectivity index is 1.78. The molecule has 1 N–H and O–H groups in total. The number of nitro groups is 1. The number of hydrogen-bond acceptors (Lipinski definition) is 5. The summed E-state index contributed by atoms with van der Waals surface area (Å²) in [5, 5.41) is 13.2. The third-order valence-electron chi connectivity index (χ3n) is 3.22. The Morgan fingerprint density at radius 3 is 2.25 bits per heavy atom. The number of rotatable bonds is 7. The molecule has 2 rings (SSSR count). The van der Waals surface area contributed by atoms with Gasteiger partial charge in [0.05, 0.1) is 18.0 Å². The van der Waals surface area contributed by atoms with Gasteiger partial charge in [-0.15, -0.1) is 0 Å². The van der Waals surface area contributed by atoms with Crippen molar-refractivity contribution in [3.05, 3.63) is 64.2 Å². The smallest absolute Gasteiger partial charge is 0.269 e. The summed E-state index contributed by atoms with van der Waals surface area (Å²) >= 11 is 0. The van der Waals surface area contributed by atoms with E-state index in [2.05, 4.69) is 5.32 Å². The maximum Gasteiger partial charge on any atom is 0.269 e. The number of carbonyl (C=O) groups is 2. The van der Waals surface area contributed by atoms with Crippen LogP contribution in [0.15, 0.2) is 48.5 Å². The van der Waals surface area contributed by atoms with Crippen LogP contribution in [-0.4, -0.2) is 23.2 Å². The maximum absolute atomic E-state index is 11.8. The van der Waals surface area contributed by atoms with Crippen molar-refractivity contribution in [3.63, 3.8) is 0 Å². The standard InChI is InChI=1S/C17H16N2O5/c1-12(20)13-2-4-14(5-3-13)18-17(21)10-11-24-16-8-6-15(7-9-16)19(22)23/h2-9H,10-11H2,1H3,(H,18,21). The van der Waals surface area contributed by atoms with Crippen LogP contribution in [0.5, 0.6) is 5.75 Å². The summed E-state index contributed by atoms with van der Waals surface area (Å²) in [7, 11) is 0. The fourth-order valence-electron chi connectivity index (χ4n) is 1.94. The van der Waals surface area contributed by atoms with Crippen LogP contribution in [-0.2, 0) is 4.79 Å². The zero-order valence-corrected chi connectivity index (χ0v) is 13.0. The molecule has 0 unspecified atom stereocenters. The van der Waals surface area contributed by atoms with E-state index in [1.165, 1.54) is 31.2 Å². The molecule has 0 bridgehead atoms. The number of amides is 1. The molecule has 0 saturated carbocycles. The van der Waals surface area contributed by atoms with Gasteiger partial charge in [0, 0.05) is 23.4 Å². The first-order valence-electron chi connectivity index (χ1n) is 7.24. The van der Waals surface area contributed by atoms with Crippen molar-refractivity contribution < 1.29 is 19.2 Å². The highest BCUT2D eigenvalue weighted by atomic mass is 16.6. The number of anilines is 1. The summed E-state index contributed by atoms with van der Waals surface area (Å²) in [6, 6.07) is 12.2. The molecular weight excluding hydrogens is 312 g/mol. The second-order valence-electron chi connectivity index (χ2n) is 5.03. The Hall–Kier alpha value is -3.22. The summed E-state index contributed by atoms with van der Waals surface area (Å²) in [5.74, 6) is 0.191. The third kappa shape index (κ3) is 4.91. The van der Waals surface area contributed by atoms with Gasteiger partial charge in [0.2, 0.25) is 5.91 Å². The van der Waals surface area contributed by atoms with Gasteiger partial charge < -0.3 is 10.1 Å².